The van der Waals surface area contributed by atoms with Gasteiger partial charge in [-0.25, -0.2) is 0 Å². The van der Waals surface area contributed by atoms with Crippen LogP contribution in [0.15, 0.2) is 24.5 Å². The van der Waals surface area contributed by atoms with Crippen LogP contribution in [0.2, 0.25) is 0 Å². The Morgan fingerprint density at radius 2 is 2.43 bits per heavy atom. The molecule has 2 aromatic heterocycles. The van der Waals surface area contributed by atoms with Gasteiger partial charge < -0.3 is 9.67 Å². The molecule has 0 saturated carbocycles. The molecular formula is C10H10N2O2. The third-order valence-electron chi connectivity index (χ3n) is 2.28. The average Bonchev–Trinajstić information content (AvgIpc) is 2.44. The van der Waals surface area contributed by atoms with Gasteiger partial charge in [0.05, 0.1) is 18.1 Å². The third kappa shape index (κ3) is 1.35. The molecule has 72 valence electrons. The summed E-state index contributed by atoms with van der Waals surface area (Å²) in [5.41, 5.74) is 1.75. The van der Waals surface area contributed by atoms with Crippen LogP contribution in [0, 0.1) is 0 Å². The Balaban J connectivity index is 2.57. The van der Waals surface area contributed by atoms with Gasteiger partial charge >= 0.3 is 5.97 Å². The molecule has 0 aliphatic carbocycles. The number of hydrogen-bond acceptors (Lipinski definition) is 2. The van der Waals surface area contributed by atoms with Crippen LogP contribution in [0.5, 0.6) is 0 Å². The second-order valence-corrected chi connectivity index (χ2v) is 3.20. The molecule has 0 bridgehead atoms. The van der Waals surface area contributed by atoms with E-state index in [1.807, 2.05) is 23.7 Å². The molecule has 0 aromatic carbocycles. The number of aromatic nitrogens is 2. The Bertz CT molecular complexity index is 488. The molecule has 0 radical (unpaired) electrons. The lowest BCUT2D eigenvalue weighted by Gasteiger charge is -1.99. The largest absolute Gasteiger partial charge is 0.481 e. The number of pyridine rings is 1. The lowest BCUT2D eigenvalue weighted by Crippen LogP contribution is -2.04. The van der Waals surface area contributed by atoms with E-state index < -0.39 is 5.97 Å². The molecule has 2 rings (SSSR count). The first-order chi connectivity index (χ1) is 6.68. The number of carbonyl (C=O) groups is 1. The highest BCUT2D eigenvalue weighted by Gasteiger charge is 2.08. The van der Waals surface area contributed by atoms with Crippen molar-refractivity contribution in [2.75, 3.05) is 0 Å². The van der Waals surface area contributed by atoms with Crippen molar-refractivity contribution < 1.29 is 9.90 Å². The van der Waals surface area contributed by atoms with Crippen LogP contribution < -0.4 is 0 Å². The average molecular weight is 190 g/mol. The molecule has 0 aliphatic heterocycles. The van der Waals surface area contributed by atoms with Crippen LogP contribution in [-0.4, -0.2) is 20.6 Å². The summed E-state index contributed by atoms with van der Waals surface area (Å²) in [6, 6.07) is 3.76. The maximum absolute atomic E-state index is 10.6. The van der Waals surface area contributed by atoms with Crippen LogP contribution in [0.1, 0.15) is 5.69 Å². The van der Waals surface area contributed by atoms with E-state index in [9.17, 15) is 4.79 Å². The molecule has 0 atom stereocenters. The minimum absolute atomic E-state index is 0.0468. The van der Waals surface area contributed by atoms with Crippen molar-refractivity contribution in [3.63, 3.8) is 0 Å². The maximum atomic E-state index is 10.6. The summed E-state index contributed by atoms with van der Waals surface area (Å²) in [5.74, 6) is -0.816. The van der Waals surface area contributed by atoms with Gasteiger partial charge in [-0.15, -0.1) is 0 Å². The number of fused-ring (bicyclic) bond motifs is 1. The van der Waals surface area contributed by atoms with Gasteiger partial charge in [0.2, 0.25) is 0 Å². The molecule has 0 saturated heterocycles. The monoisotopic (exact) mass is 190 g/mol. The van der Waals surface area contributed by atoms with E-state index in [1.165, 1.54) is 0 Å². The molecule has 0 aliphatic rings. The first kappa shape index (κ1) is 8.74. The summed E-state index contributed by atoms with van der Waals surface area (Å²) in [6.45, 7) is 0. The number of aryl methyl sites for hydroxylation is 1. The van der Waals surface area contributed by atoms with Crippen LogP contribution >= 0.6 is 0 Å². The zero-order chi connectivity index (χ0) is 10.1. The Labute approximate surface area is 80.8 Å². The van der Waals surface area contributed by atoms with Crippen molar-refractivity contribution in [2.24, 2.45) is 7.05 Å². The molecule has 4 heteroatoms. The van der Waals surface area contributed by atoms with Gasteiger partial charge in [-0.2, -0.15) is 0 Å². The molecule has 1 N–H and O–H groups in total. The van der Waals surface area contributed by atoms with Crippen molar-refractivity contribution in [1.29, 1.82) is 0 Å². The van der Waals surface area contributed by atoms with Crippen molar-refractivity contribution >= 4 is 16.9 Å². The minimum atomic E-state index is -0.816. The van der Waals surface area contributed by atoms with Crippen LogP contribution in [-0.2, 0) is 18.3 Å². The number of hydrogen-bond donors (Lipinski definition) is 1. The fourth-order valence-corrected chi connectivity index (χ4v) is 1.55. The molecule has 0 fully saturated rings. The van der Waals surface area contributed by atoms with Crippen molar-refractivity contribution in [1.82, 2.24) is 9.55 Å². The second-order valence-electron chi connectivity index (χ2n) is 3.20. The van der Waals surface area contributed by atoms with E-state index >= 15 is 0 Å². The molecule has 14 heavy (non-hydrogen) atoms. The number of carboxylic acids is 1. The first-order valence-electron chi connectivity index (χ1n) is 4.28. The molecule has 4 nitrogen and oxygen atoms in total. The summed E-state index contributed by atoms with van der Waals surface area (Å²) in [6.07, 6.45) is 3.48. The normalized spacial score (nSPS) is 10.6. The fourth-order valence-electron chi connectivity index (χ4n) is 1.55. The Morgan fingerprint density at radius 3 is 3.07 bits per heavy atom. The van der Waals surface area contributed by atoms with Gasteiger partial charge in [-0.1, -0.05) is 0 Å². The summed E-state index contributed by atoms with van der Waals surface area (Å²) in [7, 11) is 1.85. The van der Waals surface area contributed by atoms with Gasteiger partial charge in [0.15, 0.2) is 0 Å². The molecule has 2 heterocycles. The number of aliphatic carboxylic acids is 1. The van der Waals surface area contributed by atoms with Gasteiger partial charge in [0.1, 0.15) is 0 Å². The van der Waals surface area contributed by atoms with Gasteiger partial charge in [0, 0.05) is 24.3 Å². The standard InChI is InChI=1S/C10H10N2O2/c1-12-8(5-10(13)14)4-7-2-3-11-6-9(7)12/h2-4,6H,5H2,1H3,(H,13,14). The van der Waals surface area contributed by atoms with E-state index in [2.05, 4.69) is 4.98 Å². The smallest absolute Gasteiger partial charge is 0.309 e. The fraction of sp³-hybridized carbons (Fsp3) is 0.200. The molecule has 0 spiro atoms. The van der Waals surface area contributed by atoms with Gasteiger partial charge in [-0.05, 0) is 12.1 Å². The second kappa shape index (κ2) is 3.14. The zero-order valence-electron chi connectivity index (χ0n) is 7.77. The Hall–Kier alpha value is -1.84. The zero-order valence-corrected chi connectivity index (χ0v) is 7.77. The molecule has 2 aromatic rings. The van der Waals surface area contributed by atoms with Crippen molar-refractivity contribution in [3.05, 3.63) is 30.2 Å². The predicted molar refractivity (Wildman–Crippen MR) is 52.1 cm³/mol. The molecule has 0 amide bonds. The highest BCUT2D eigenvalue weighted by molar-refractivity contribution is 5.82. The van der Waals surface area contributed by atoms with Crippen LogP contribution in [0.4, 0.5) is 0 Å². The third-order valence-corrected chi connectivity index (χ3v) is 2.28. The first-order valence-corrected chi connectivity index (χ1v) is 4.28. The quantitative estimate of drug-likeness (QED) is 0.774. The molecule has 0 unspecified atom stereocenters. The summed E-state index contributed by atoms with van der Waals surface area (Å²) < 4.78 is 1.86. The summed E-state index contributed by atoms with van der Waals surface area (Å²) >= 11 is 0. The van der Waals surface area contributed by atoms with E-state index in [0.717, 1.165) is 16.6 Å². The lowest BCUT2D eigenvalue weighted by molar-refractivity contribution is -0.136. The topological polar surface area (TPSA) is 55.1 Å². The number of carboxylic acid groups (broad SMARTS) is 1. The highest BCUT2D eigenvalue weighted by Crippen LogP contribution is 2.17. The summed E-state index contributed by atoms with van der Waals surface area (Å²) in [5, 5.41) is 9.71. The van der Waals surface area contributed by atoms with Gasteiger partial charge in [0.25, 0.3) is 0 Å². The van der Waals surface area contributed by atoms with E-state index in [1.54, 1.807) is 12.4 Å². The maximum Gasteiger partial charge on any atom is 0.309 e. The highest BCUT2D eigenvalue weighted by atomic mass is 16.4. The Morgan fingerprint density at radius 1 is 1.64 bits per heavy atom. The van der Waals surface area contributed by atoms with Gasteiger partial charge in [-0.3, -0.25) is 9.78 Å². The number of rotatable bonds is 2. The predicted octanol–water partition coefficient (Wildman–Crippen LogP) is 1.20. The van der Waals surface area contributed by atoms with Crippen LogP contribution in [0.25, 0.3) is 10.9 Å². The van der Waals surface area contributed by atoms with Crippen molar-refractivity contribution in [3.8, 4) is 0 Å². The lowest BCUT2D eigenvalue weighted by atomic mass is 10.3. The van der Waals surface area contributed by atoms with E-state index in [-0.39, 0.29) is 6.42 Å². The van der Waals surface area contributed by atoms with Crippen molar-refractivity contribution in [2.45, 2.75) is 6.42 Å². The number of nitrogens with zero attached hydrogens (tertiary/aromatic N) is 2. The molecular weight excluding hydrogens is 180 g/mol. The minimum Gasteiger partial charge on any atom is -0.481 e. The Kier molecular flexibility index (Phi) is 1.96. The summed E-state index contributed by atoms with van der Waals surface area (Å²) in [4.78, 5) is 14.6. The van der Waals surface area contributed by atoms with E-state index in [0.29, 0.717) is 0 Å². The van der Waals surface area contributed by atoms with E-state index in [4.69, 9.17) is 5.11 Å². The van der Waals surface area contributed by atoms with Crippen LogP contribution in [0.3, 0.4) is 0 Å². The SMILES string of the molecule is Cn1c(CC(=O)O)cc2ccncc21.